The van der Waals surface area contributed by atoms with Gasteiger partial charge in [0.05, 0.1) is 0 Å². The van der Waals surface area contributed by atoms with Gasteiger partial charge in [-0.1, -0.05) is 13.8 Å². The van der Waals surface area contributed by atoms with Crippen molar-refractivity contribution >= 4 is 16.8 Å². The maximum Gasteiger partial charge on any atom is 0.251 e. The Morgan fingerprint density at radius 3 is 2.70 bits per heavy atom. The molecule has 108 valence electrons. The lowest BCUT2D eigenvalue weighted by Gasteiger charge is -2.21. The van der Waals surface area contributed by atoms with Crippen LogP contribution in [0.3, 0.4) is 0 Å². The molecule has 2 rings (SSSR count). The topological polar surface area (TPSA) is 65.1 Å². The average Bonchev–Trinajstić information content (AvgIpc) is 2.71. The van der Waals surface area contributed by atoms with Crippen molar-refractivity contribution in [3.05, 3.63) is 35.0 Å². The zero-order valence-electron chi connectivity index (χ0n) is 12.5. The number of carbonyl (C=O) groups excluding carboxylic acids is 1. The van der Waals surface area contributed by atoms with Gasteiger partial charge in [-0.3, -0.25) is 4.79 Å². The summed E-state index contributed by atoms with van der Waals surface area (Å²) in [6.07, 6.45) is 0. The Morgan fingerprint density at radius 1 is 1.35 bits per heavy atom. The van der Waals surface area contributed by atoms with E-state index in [9.17, 15) is 9.90 Å². The Kier molecular flexibility index (Phi) is 3.86. The van der Waals surface area contributed by atoms with E-state index in [4.69, 9.17) is 0 Å². The van der Waals surface area contributed by atoms with Crippen molar-refractivity contribution in [3.63, 3.8) is 0 Å². The van der Waals surface area contributed by atoms with Crippen LogP contribution in [0.1, 0.15) is 35.5 Å². The molecule has 2 aromatic rings. The molecule has 0 saturated heterocycles. The van der Waals surface area contributed by atoms with Gasteiger partial charge in [0.25, 0.3) is 5.91 Å². The van der Waals surface area contributed by atoms with Gasteiger partial charge in [-0.05, 0) is 37.6 Å². The van der Waals surface area contributed by atoms with Crippen molar-refractivity contribution in [2.75, 3.05) is 13.2 Å². The zero-order chi connectivity index (χ0) is 14.9. The molecule has 1 amide bonds. The molecule has 0 spiro atoms. The van der Waals surface area contributed by atoms with Gasteiger partial charge >= 0.3 is 0 Å². The predicted octanol–water partition coefficient (Wildman–Crippen LogP) is 2.53. The van der Waals surface area contributed by atoms with E-state index in [1.165, 1.54) is 5.56 Å². The molecule has 0 unspecified atom stereocenters. The third-order valence-corrected chi connectivity index (χ3v) is 3.73. The second-order valence-electron chi connectivity index (χ2n) is 6.14. The highest BCUT2D eigenvalue weighted by molar-refractivity contribution is 5.99. The summed E-state index contributed by atoms with van der Waals surface area (Å²) in [6, 6.07) is 5.66. The molecule has 4 heteroatoms. The fourth-order valence-corrected chi connectivity index (χ4v) is 2.08. The summed E-state index contributed by atoms with van der Waals surface area (Å²) in [7, 11) is 0. The van der Waals surface area contributed by atoms with Crippen LogP contribution in [0, 0.1) is 19.3 Å². The molecule has 0 atom stereocenters. The lowest BCUT2D eigenvalue weighted by atomic mass is 9.95. The first-order chi connectivity index (χ1) is 9.34. The van der Waals surface area contributed by atoms with Gasteiger partial charge in [0.15, 0.2) is 0 Å². The molecule has 20 heavy (non-hydrogen) atoms. The van der Waals surface area contributed by atoms with Crippen LogP contribution in [-0.2, 0) is 0 Å². The molecule has 1 aromatic heterocycles. The summed E-state index contributed by atoms with van der Waals surface area (Å²) in [5.41, 5.74) is 3.69. The number of rotatable bonds is 4. The summed E-state index contributed by atoms with van der Waals surface area (Å²) in [5.74, 6) is -0.105. The highest BCUT2D eigenvalue weighted by Gasteiger charge is 2.18. The van der Waals surface area contributed by atoms with E-state index in [1.807, 2.05) is 45.9 Å². The SMILES string of the molecule is Cc1[nH]c2ccc(C(=O)NCC(C)(C)CO)cc2c1C. The first-order valence-corrected chi connectivity index (χ1v) is 6.82. The summed E-state index contributed by atoms with van der Waals surface area (Å²) in [6.45, 7) is 8.39. The highest BCUT2D eigenvalue weighted by Crippen LogP contribution is 2.22. The number of H-pyrrole nitrogens is 1. The number of hydrogen-bond acceptors (Lipinski definition) is 2. The molecular weight excluding hydrogens is 252 g/mol. The van der Waals surface area contributed by atoms with Gasteiger partial charge < -0.3 is 15.4 Å². The molecule has 0 aliphatic rings. The highest BCUT2D eigenvalue weighted by atomic mass is 16.3. The van der Waals surface area contributed by atoms with E-state index in [0.717, 1.165) is 16.6 Å². The molecule has 0 fully saturated rings. The quantitative estimate of drug-likeness (QED) is 0.802. The second kappa shape index (κ2) is 5.29. The van der Waals surface area contributed by atoms with Crippen molar-refractivity contribution in [1.29, 1.82) is 0 Å². The van der Waals surface area contributed by atoms with Gasteiger partial charge in [0, 0.05) is 40.7 Å². The first kappa shape index (κ1) is 14.6. The average molecular weight is 274 g/mol. The molecule has 0 saturated carbocycles. The zero-order valence-corrected chi connectivity index (χ0v) is 12.5. The number of fused-ring (bicyclic) bond motifs is 1. The minimum Gasteiger partial charge on any atom is -0.396 e. The number of aryl methyl sites for hydroxylation is 2. The van der Waals surface area contributed by atoms with Crippen LogP contribution in [0.2, 0.25) is 0 Å². The number of nitrogens with one attached hydrogen (secondary N) is 2. The van der Waals surface area contributed by atoms with E-state index in [1.54, 1.807) is 0 Å². The maximum absolute atomic E-state index is 12.2. The largest absolute Gasteiger partial charge is 0.396 e. The summed E-state index contributed by atoms with van der Waals surface area (Å²) in [5, 5.41) is 13.2. The monoisotopic (exact) mass is 274 g/mol. The molecule has 0 aliphatic heterocycles. The van der Waals surface area contributed by atoms with Crippen LogP contribution in [0.25, 0.3) is 10.9 Å². The lowest BCUT2D eigenvalue weighted by Crippen LogP contribution is -2.36. The molecule has 0 radical (unpaired) electrons. The number of aliphatic hydroxyl groups is 1. The molecule has 4 nitrogen and oxygen atoms in total. The molecular formula is C16H22N2O2. The van der Waals surface area contributed by atoms with Crippen LogP contribution in [0.4, 0.5) is 0 Å². The molecule has 0 bridgehead atoms. The first-order valence-electron chi connectivity index (χ1n) is 6.82. The van der Waals surface area contributed by atoms with E-state index >= 15 is 0 Å². The Hall–Kier alpha value is -1.81. The van der Waals surface area contributed by atoms with Crippen LogP contribution in [-0.4, -0.2) is 29.1 Å². The van der Waals surface area contributed by atoms with E-state index < -0.39 is 0 Å². The fraction of sp³-hybridized carbons (Fsp3) is 0.438. The summed E-state index contributed by atoms with van der Waals surface area (Å²) >= 11 is 0. The summed E-state index contributed by atoms with van der Waals surface area (Å²) in [4.78, 5) is 15.5. The molecule has 0 aliphatic carbocycles. The van der Waals surface area contributed by atoms with Crippen molar-refractivity contribution in [1.82, 2.24) is 10.3 Å². The third kappa shape index (κ3) is 2.85. The van der Waals surface area contributed by atoms with Crippen LogP contribution >= 0.6 is 0 Å². The van der Waals surface area contributed by atoms with Crippen LogP contribution in [0.5, 0.6) is 0 Å². The number of aliphatic hydroxyl groups excluding tert-OH is 1. The standard InChI is InChI=1S/C16H22N2O2/c1-10-11(2)18-14-6-5-12(7-13(10)14)15(20)17-8-16(3,4)9-19/h5-7,18-19H,8-9H2,1-4H3,(H,17,20). The molecule has 1 heterocycles. The van der Waals surface area contributed by atoms with Crippen LogP contribution in [0.15, 0.2) is 18.2 Å². The van der Waals surface area contributed by atoms with E-state index in [-0.39, 0.29) is 17.9 Å². The Morgan fingerprint density at radius 2 is 2.05 bits per heavy atom. The van der Waals surface area contributed by atoms with Gasteiger partial charge in [-0.2, -0.15) is 0 Å². The Bertz CT molecular complexity index is 641. The van der Waals surface area contributed by atoms with Gasteiger partial charge in [-0.25, -0.2) is 0 Å². The van der Waals surface area contributed by atoms with Crippen molar-refractivity contribution in [2.24, 2.45) is 5.41 Å². The van der Waals surface area contributed by atoms with Crippen molar-refractivity contribution in [3.8, 4) is 0 Å². The van der Waals surface area contributed by atoms with Gasteiger partial charge in [0.2, 0.25) is 0 Å². The minimum atomic E-state index is -0.305. The summed E-state index contributed by atoms with van der Waals surface area (Å²) < 4.78 is 0. The smallest absolute Gasteiger partial charge is 0.251 e. The number of carbonyl (C=O) groups is 1. The number of benzene rings is 1. The van der Waals surface area contributed by atoms with Crippen LogP contribution < -0.4 is 5.32 Å². The van der Waals surface area contributed by atoms with E-state index in [2.05, 4.69) is 10.3 Å². The fourth-order valence-electron chi connectivity index (χ4n) is 2.08. The lowest BCUT2D eigenvalue weighted by molar-refractivity contribution is 0.0911. The predicted molar refractivity (Wildman–Crippen MR) is 81.0 cm³/mol. The second-order valence-corrected chi connectivity index (χ2v) is 6.14. The maximum atomic E-state index is 12.2. The van der Waals surface area contributed by atoms with Crippen molar-refractivity contribution < 1.29 is 9.90 Å². The number of amides is 1. The Labute approximate surface area is 119 Å². The van der Waals surface area contributed by atoms with Gasteiger partial charge in [-0.15, -0.1) is 0 Å². The normalized spacial score (nSPS) is 11.8. The number of aromatic amines is 1. The number of aromatic nitrogens is 1. The Balaban J connectivity index is 2.20. The van der Waals surface area contributed by atoms with Gasteiger partial charge in [0.1, 0.15) is 0 Å². The third-order valence-electron chi connectivity index (χ3n) is 3.73. The van der Waals surface area contributed by atoms with Crippen molar-refractivity contribution in [2.45, 2.75) is 27.7 Å². The number of hydrogen-bond donors (Lipinski definition) is 3. The molecule has 1 aromatic carbocycles. The van der Waals surface area contributed by atoms with E-state index in [0.29, 0.717) is 12.1 Å². The molecule has 3 N–H and O–H groups in total. The minimum absolute atomic E-state index is 0.0441.